The zero-order chi connectivity index (χ0) is 33.3. The van der Waals surface area contributed by atoms with E-state index in [2.05, 4.69) is 25.6 Å². The summed E-state index contributed by atoms with van der Waals surface area (Å²) in [5.41, 5.74) is 3.22. The van der Waals surface area contributed by atoms with Crippen molar-refractivity contribution in [1.82, 2.24) is 14.8 Å². The van der Waals surface area contributed by atoms with Gasteiger partial charge in [0.15, 0.2) is 5.82 Å². The molecular formula is C30H28ClF3N6O6. The third kappa shape index (κ3) is 9.42. The highest BCUT2D eigenvalue weighted by Gasteiger charge is 2.38. The number of morpholine rings is 1. The summed E-state index contributed by atoms with van der Waals surface area (Å²) >= 11 is 6.25. The smallest absolute Gasteiger partial charge is 0.490 e. The molecule has 0 unspecified atom stereocenters. The number of aliphatic carboxylic acids is 1. The molecular weight excluding hydrogens is 633 g/mol. The van der Waals surface area contributed by atoms with E-state index in [9.17, 15) is 22.8 Å². The molecule has 16 heteroatoms. The Balaban J connectivity index is 0.000000617. The number of carboxylic acid groups (broad SMARTS) is 1. The molecule has 0 radical (unpaired) electrons. The van der Waals surface area contributed by atoms with E-state index in [1.807, 2.05) is 42.5 Å². The maximum absolute atomic E-state index is 13.1. The summed E-state index contributed by atoms with van der Waals surface area (Å²) < 4.78 is 44.2. The number of amides is 2. The Kier molecular flexibility index (Phi) is 11.2. The predicted octanol–water partition coefficient (Wildman–Crippen LogP) is 4.83. The van der Waals surface area contributed by atoms with E-state index in [0.717, 1.165) is 24.3 Å². The number of halogens is 4. The third-order valence-corrected chi connectivity index (χ3v) is 6.58. The Bertz CT molecular complexity index is 1680. The van der Waals surface area contributed by atoms with Gasteiger partial charge in [-0.3, -0.25) is 9.59 Å². The van der Waals surface area contributed by atoms with E-state index in [1.54, 1.807) is 25.4 Å². The number of nitrogens with one attached hydrogen (secondary N) is 2. The summed E-state index contributed by atoms with van der Waals surface area (Å²) in [5, 5.41) is 17.2. The number of rotatable bonds is 8. The number of hydrogen-bond acceptors (Lipinski definition) is 8. The zero-order valence-corrected chi connectivity index (χ0v) is 25.0. The van der Waals surface area contributed by atoms with Crippen LogP contribution in [0.4, 0.5) is 30.2 Å². The van der Waals surface area contributed by atoms with Crippen molar-refractivity contribution in [2.75, 3.05) is 48.9 Å². The van der Waals surface area contributed by atoms with Crippen molar-refractivity contribution < 1.29 is 42.1 Å². The van der Waals surface area contributed by atoms with Crippen LogP contribution in [0.15, 0.2) is 73.1 Å². The lowest BCUT2D eigenvalue weighted by Gasteiger charge is -2.30. The number of pyridine rings is 1. The number of anilines is 3. The fourth-order valence-electron chi connectivity index (χ4n) is 4.25. The van der Waals surface area contributed by atoms with Crippen LogP contribution in [0.5, 0.6) is 5.75 Å². The molecule has 2 amide bonds. The van der Waals surface area contributed by atoms with Gasteiger partial charge >= 0.3 is 12.1 Å². The van der Waals surface area contributed by atoms with Gasteiger partial charge in [0.05, 0.1) is 50.5 Å². The molecule has 0 bridgehead atoms. The van der Waals surface area contributed by atoms with Crippen LogP contribution in [0.1, 0.15) is 15.9 Å². The van der Waals surface area contributed by atoms with Gasteiger partial charge in [0.25, 0.3) is 5.91 Å². The van der Waals surface area contributed by atoms with Crippen LogP contribution >= 0.6 is 11.6 Å². The van der Waals surface area contributed by atoms with Crippen molar-refractivity contribution in [3.8, 4) is 11.6 Å². The Hall–Kier alpha value is -5.15. The lowest BCUT2D eigenvalue weighted by Crippen LogP contribution is -2.36. The first-order valence-corrected chi connectivity index (χ1v) is 14.0. The summed E-state index contributed by atoms with van der Waals surface area (Å²) in [5.74, 6) is -2.31. The molecule has 1 saturated heterocycles. The van der Waals surface area contributed by atoms with Gasteiger partial charge < -0.3 is 30.1 Å². The van der Waals surface area contributed by atoms with E-state index in [1.165, 1.54) is 16.9 Å². The molecule has 1 aliphatic rings. The number of carbonyl (C=O) groups is 3. The normalized spacial score (nSPS) is 12.8. The average molecular weight is 661 g/mol. The van der Waals surface area contributed by atoms with Gasteiger partial charge in [-0.05, 0) is 29.8 Å². The lowest BCUT2D eigenvalue weighted by atomic mass is 10.1. The summed E-state index contributed by atoms with van der Waals surface area (Å²) in [6.07, 6.45) is -1.73. The maximum atomic E-state index is 13.1. The molecule has 0 spiro atoms. The van der Waals surface area contributed by atoms with Crippen LogP contribution in [-0.4, -0.2) is 77.2 Å². The van der Waals surface area contributed by atoms with Gasteiger partial charge in [-0.15, -0.1) is 0 Å². The number of carbonyl (C=O) groups excluding carboxylic acids is 2. The molecule has 46 heavy (non-hydrogen) atoms. The first kappa shape index (κ1) is 33.7. The minimum atomic E-state index is -5.08. The molecule has 2 aromatic heterocycles. The second-order valence-electron chi connectivity index (χ2n) is 9.66. The molecule has 0 aliphatic carbocycles. The lowest BCUT2D eigenvalue weighted by molar-refractivity contribution is -0.192. The minimum Gasteiger partial charge on any atom is -0.495 e. The van der Waals surface area contributed by atoms with E-state index in [4.69, 9.17) is 31.0 Å². The number of hydrogen-bond donors (Lipinski definition) is 3. The van der Waals surface area contributed by atoms with Crippen LogP contribution in [0.3, 0.4) is 0 Å². The summed E-state index contributed by atoms with van der Waals surface area (Å²) in [6.45, 7) is 2.85. The standard InChI is InChI=1S/C28H27ClN6O4.C2HF3O2/c1-38-24-16-21(7-8-23(24)34-9-11-39-12-10-34)32-28(37)20-14-25(29)33-26(15-20)35-18-22(17-30-35)31-27(36)13-19-5-3-2-4-6-19;3-2(4,5)1(6)7/h2-8,14-18H,9-13H2,1H3,(H,31,36)(H,32,37);(H,6,7). The Morgan fingerprint density at radius 2 is 1.72 bits per heavy atom. The first-order valence-electron chi connectivity index (χ1n) is 13.6. The van der Waals surface area contributed by atoms with E-state index >= 15 is 0 Å². The van der Waals surface area contributed by atoms with Gasteiger partial charge in [0.2, 0.25) is 5.91 Å². The van der Waals surface area contributed by atoms with Gasteiger partial charge in [0.1, 0.15) is 10.9 Å². The highest BCUT2D eigenvalue weighted by Crippen LogP contribution is 2.32. The topological polar surface area (TPSA) is 148 Å². The van der Waals surface area contributed by atoms with Gasteiger partial charge in [0, 0.05) is 30.4 Å². The largest absolute Gasteiger partial charge is 0.495 e. The van der Waals surface area contributed by atoms with E-state index < -0.39 is 12.1 Å². The monoisotopic (exact) mass is 660 g/mol. The molecule has 12 nitrogen and oxygen atoms in total. The fourth-order valence-corrected chi connectivity index (χ4v) is 4.46. The quantitative estimate of drug-likeness (QED) is 0.226. The fraction of sp³-hybridized carbons (Fsp3) is 0.233. The molecule has 3 N–H and O–H groups in total. The predicted molar refractivity (Wildman–Crippen MR) is 163 cm³/mol. The second kappa shape index (κ2) is 15.2. The molecule has 5 rings (SSSR count). The van der Waals surface area contributed by atoms with Gasteiger partial charge in [-0.2, -0.15) is 18.3 Å². The number of ether oxygens (including phenoxy) is 2. The molecule has 4 aromatic rings. The molecule has 0 atom stereocenters. The van der Waals surface area contributed by atoms with Crippen molar-refractivity contribution in [2.45, 2.75) is 12.6 Å². The van der Waals surface area contributed by atoms with Gasteiger partial charge in [-0.1, -0.05) is 41.9 Å². The first-order chi connectivity index (χ1) is 21.9. The van der Waals surface area contributed by atoms with E-state index in [0.29, 0.717) is 41.7 Å². The van der Waals surface area contributed by atoms with Crippen molar-refractivity contribution >= 4 is 46.4 Å². The number of aromatic nitrogens is 3. The van der Waals surface area contributed by atoms with Crippen molar-refractivity contribution in [3.63, 3.8) is 0 Å². The maximum Gasteiger partial charge on any atom is 0.490 e. The van der Waals surface area contributed by atoms with Crippen molar-refractivity contribution in [1.29, 1.82) is 0 Å². The number of nitrogens with zero attached hydrogens (tertiary/aromatic N) is 4. The summed E-state index contributed by atoms with van der Waals surface area (Å²) in [6, 6.07) is 18.0. The molecule has 1 aliphatic heterocycles. The van der Waals surface area contributed by atoms with Crippen molar-refractivity contribution in [3.05, 3.63) is 89.3 Å². The number of alkyl halides is 3. The molecule has 3 heterocycles. The number of carboxylic acids is 1. The van der Waals surface area contributed by atoms with Crippen LogP contribution in [0.25, 0.3) is 5.82 Å². The van der Waals surface area contributed by atoms with Crippen LogP contribution in [0, 0.1) is 0 Å². The number of methoxy groups -OCH3 is 1. The molecule has 2 aromatic carbocycles. The molecule has 0 saturated carbocycles. The average Bonchev–Trinajstić information content (AvgIpc) is 3.49. The SMILES string of the molecule is COc1cc(NC(=O)c2cc(Cl)nc(-n3cc(NC(=O)Cc4ccccc4)cn3)c2)ccc1N1CCOCC1.O=C(O)C(F)(F)F. The summed E-state index contributed by atoms with van der Waals surface area (Å²) in [7, 11) is 1.60. The third-order valence-electron chi connectivity index (χ3n) is 6.38. The van der Waals surface area contributed by atoms with Crippen LogP contribution in [-0.2, 0) is 20.7 Å². The Morgan fingerprint density at radius 3 is 2.37 bits per heavy atom. The van der Waals surface area contributed by atoms with Gasteiger partial charge in [-0.25, -0.2) is 14.5 Å². The Morgan fingerprint density at radius 1 is 1.02 bits per heavy atom. The zero-order valence-electron chi connectivity index (χ0n) is 24.3. The summed E-state index contributed by atoms with van der Waals surface area (Å²) in [4.78, 5) is 40.9. The second-order valence-corrected chi connectivity index (χ2v) is 10.1. The van der Waals surface area contributed by atoms with E-state index in [-0.39, 0.29) is 23.4 Å². The van der Waals surface area contributed by atoms with Crippen LogP contribution in [0.2, 0.25) is 5.15 Å². The highest BCUT2D eigenvalue weighted by molar-refractivity contribution is 6.30. The minimum absolute atomic E-state index is 0.128. The van der Waals surface area contributed by atoms with Crippen LogP contribution < -0.4 is 20.3 Å². The molecule has 1 fully saturated rings. The number of benzene rings is 2. The Labute approximate surface area is 265 Å². The highest BCUT2D eigenvalue weighted by atomic mass is 35.5. The molecule has 242 valence electrons. The van der Waals surface area contributed by atoms with Crippen molar-refractivity contribution in [2.24, 2.45) is 0 Å².